The van der Waals surface area contributed by atoms with Crippen molar-refractivity contribution in [3.8, 4) is 11.5 Å². The summed E-state index contributed by atoms with van der Waals surface area (Å²) < 4.78 is 7.53. The maximum absolute atomic E-state index is 11.8. The predicted octanol–water partition coefficient (Wildman–Crippen LogP) is 2.62. The minimum Gasteiger partial charge on any atom is -0.420 e. The fourth-order valence-corrected chi connectivity index (χ4v) is 3.51. The van der Waals surface area contributed by atoms with Crippen LogP contribution in [0.15, 0.2) is 23.8 Å². The van der Waals surface area contributed by atoms with Crippen molar-refractivity contribution in [2.24, 2.45) is 7.05 Å². The van der Waals surface area contributed by atoms with Gasteiger partial charge in [-0.05, 0) is 19.3 Å². The molecule has 1 amide bonds. The first kappa shape index (κ1) is 18.2. The van der Waals surface area contributed by atoms with Gasteiger partial charge in [-0.15, -0.1) is 23.4 Å². The molecule has 1 atom stereocenters. The maximum Gasteiger partial charge on any atom is 0.253 e. The molecule has 1 unspecified atom stereocenters. The normalized spacial score (nSPS) is 20.3. The third-order valence-corrected chi connectivity index (χ3v) is 4.79. The van der Waals surface area contributed by atoms with Gasteiger partial charge in [0, 0.05) is 25.8 Å². The van der Waals surface area contributed by atoms with Gasteiger partial charge in [0.15, 0.2) is 5.82 Å². The number of hydrogen-bond acceptors (Lipinski definition) is 6. The molecular formula is C18H26N6O2. The molecule has 8 heteroatoms. The van der Waals surface area contributed by atoms with Crippen LogP contribution in [0.2, 0.25) is 0 Å². The van der Waals surface area contributed by atoms with Gasteiger partial charge < -0.3 is 15.1 Å². The van der Waals surface area contributed by atoms with E-state index in [0.29, 0.717) is 30.8 Å². The van der Waals surface area contributed by atoms with Crippen molar-refractivity contribution in [2.45, 2.75) is 50.5 Å². The molecular weight excluding hydrogens is 332 g/mol. The maximum atomic E-state index is 11.8. The predicted molar refractivity (Wildman–Crippen MR) is 98.6 cm³/mol. The van der Waals surface area contributed by atoms with Crippen LogP contribution in [0.3, 0.4) is 0 Å². The van der Waals surface area contributed by atoms with Crippen LogP contribution in [0.25, 0.3) is 11.5 Å². The first-order chi connectivity index (χ1) is 12.7. The molecule has 2 N–H and O–H groups in total. The van der Waals surface area contributed by atoms with Crippen LogP contribution in [0.5, 0.6) is 0 Å². The molecule has 140 valence electrons. The molecule has 2 aromatic heterocycles. The summed E-state index contributed by atoms with van der Waals surface area (Å²) in [6.07, 6.45) is 8.70. The number of aryl methyl sites for hydroxylation is 1. The highest BCUT2D eigenvalue weighted by Gasteiger charge is 2.31. The lowest BCUT2D eigenvalue weighted by Gasteiger charge is -2.22. The Balaban J connectivity index is 0.000000948. The Bertz CT molecular complexity index is 747. The summed E-state index contributed by atoms with van der Waals surface area (Å²) in [4.78, 5) is 11.8. The zero-order valence-corrected chi connectivity index (χ0v) is 15.2. The highest BCUT2D eigenvalue weighted by molar-refractivity contribution is 5.84. The Labute approximate surface area is 153 Å². The molecule has 1 aliphatic carbocycles. The Morgan fingerprint density at radius 2 is 2.00 bits per heavy atom. The molecule has 4 rings (SSSR count). The lowest BCUT2D eigenvalue weighted by atomic mass is 9.95. The molecule has 1 aliphatic heterocycles. The summed E-state index contributed by atoms with van der Waals surface area (Å²) in [6.45, 7) is 6.66. The number of carbonyl (C=O) groups is 1. The van der Waals surface area contributed by atoms with E-state index in [2.05, 4.69) is 39.1 Å². The average Bonchev–Trinajstić information content (AvgIpc) is 3.37. The van der Waals surface area contributed by atoms with Crippen LogP contribution >= 0.6 is 0 Å². The van der Waals surface area contributed by atoms with Crippen molar-refractivity contribution in [3.05, 3.63) is 25.2 Å². The van der Waals surface area contributed by atoms with Gasteiger partial charge in [0.05, 0.1) is 0 Å². The van der Waals surface area contributed by atoms with Gasteiger partial charge >= 0.3 is 0 Å². The fraction of sp³-hybridized carbons (Fsp3) is 0.556. The monoisotopic (exact) mass is 358 g/mol. The molecule has 1 saturated carbocycles. The second kappa shape index (κ2) is 8.16. The first-order valence-electron chi connectivity index (χ1n) is 9.12. The smallest absolute Gasteiger partial charge is 0.253 e. The van der Waals surface area contributed by atoms with Gasteiger partial charge in [0.25, 0.3) is 5.89 Å². The van der Waals surface area contributed by atoms with Crippen molar-refractivity contribution in [2.75, 3.05) is 11.9 Å². The summed E-state index contributed by atoms with van der Waals surface area (Å²) in [5.41, 5.74) is 0.792. The van der Waals surface area contributed by atoms with E-state index in [1.165, 1.54) is 19.3 Å². The average molecular weight is 358 g/mol. The van der Waals surface area contributed by atoms with Crippen molar-refractivity contribution in [1.82, 2.24) is 25.3 Å². The molecule has 1 saturated heterocycles. The summed E-state index contributed by atoms with van der Waals surface area (Å²) in [6, 6.07) is 0.440. The van der Waals surface area contributed by atoms with E-state index < -0.39 is 0 Å². The van der Waals surface area contributed by atoms with Gasteiger partial charge in [0.1, 0.15) is 11.5 Å². The minimum atomic E-state index is -0.335. The zero-order valence-electron chi connectivity index (χ0n) is 15.2. The number of hydrogen-bond donors (Lipinski definition) is 2. The largest absolute Gasteiger partial charge is 0.420 e. The summed E-state index contributed by atoms with van der Waals surface area (Å²) in [5.74, 6) is 1.19. The lowest BCUT2D eigenvalue weighted by molar-refractivity contribution is -0.120. The van der Waals surface area contributed by atoms with E-state index >= 15 is 0 Å². The molecule has 0 spiro atoms. The number of carbonyl (C=O) groups excluding carboxylic acids is 1. The zero-order chi connectivity index (χ0) is 18.5. The van der Waals surface area contributed by atoms with E-state index in [1.54, 1.807) is 4.68 Å². The van der Waals surface area contributed by atoms with Crippen molar-refractivity contribution >= 4 is 11.7 Å². The minimum absolute atomic E-state index is 0.0445. The standard InChI is InChI=1S/C16H22N6O2.C2H4/c1-22-9-12(13(21-22)18-10-5-3-2-4-6-10)16-20-19-15(24-16)11-7-8-17-14(11)23;1-2/h9-11H,2-8H2,1H3,(H,17,23)(H,18,21);1-2H2. The Morgan fingerprint density at radius 3 is 2.69 bits per heavy atom. The molecule has 0 radical (unpaired) electrons. The van der Waals surface area contributed by atoms with Crippen molar-refractivity contribution in [1.29, 1.82) is 0 Å². The van der Waals surface area contributed by atoms with E-state index in [-0.39, 0.29) is 11.8 Å². The molecule has 2 aliphatic rings. The number of anilines is 1. The number of nitrogens with one attached hydrogen (secondary N) is 2. The molecule has 8 nitrogen and oxygen atoms in total. The van der Waals surface area contributed by atoms with Gasteiger partial charge in [-0.2, -0.15) is 5.10 Å². The van der Waals surface area contributed by atoms with Crippen LogP contribution in [-0.4, -0.2) is 38.5 Å². The SMILES string of the molecule is C=C.Cn1cc(-c2nnc(C3CCNC3=O)o2)c(NC2CCCCC2)n1. The van der Waals surface area contributed by atoms with E-state index in [4.69, 9.17) is 4.42 Å². The summed E-state index contributed by atoms with van der Waals surface area (Å²) >= 11 is 0. The first-order valence-corrected chi connectivity index (χ1v) is 9.12. The van der Waals surface area contributed by atoms with Crippen LogP contribution in [0.1, 0.15) is 50.3 Å². The Kier molecular flexibility index (Phi) is 5.70. The quantitative estimate of drug-likeness (QED) is 0.815. The number of rotatable bonds is 4. The van der Waals surface area contributed by atoms with Gasteiger partial charge in [-0.3, -0.25) is 9.48 Å². The van der Waals surface area contributed by atoms with Crippen LogP contribution in [0.4, 0.5) is 5.82 Å². The van der Waals surface area contributed by atoms with E-state index in [9.17, 15) is 4.79 Å². The third-order valence-electron chi connectivity index (χ3n) is 4.79. The van der Waals surface area contributed by atoms with Gasteiger partial charge in [0.2, 0.25) is 11.8 Å². The highest BCUT2D eigenvalue weighted by atomic mass is 16.4. The molecule has 26 heavy (non-hydrogen) atoms. The Morgan fingerprint density at radius 1 is 1.23 bits per heavy atom. The molecule has 0 bridgehead atoms. The van der Waals surface area contributed by atoms with Crippen molar-refractivity contribution < 1.29 is 9.21 Å². The molecule has 0 aromatic carbocycles. The topological polar surface area (TPSA) is 97.9 Å². The molecule has 2 aromatic rings. The molecule has 3 heterocycles. The van der Waals surface area contributed by atoms with E-state index in [0.717, 1.165) is 24.2 Å². The number of nitrogens with zero attached hydrogens (tertiary/aromatic N) is 4. The van der Waals surface area contributed by atoms with Gasteiger partial charge in [-0.25, -0.2) is 0 Å². The van der Waals surface area contributed by atoms with Crippen LogP contribution in [-0.2, 0) is 11.8 Å². The Hall–Kier alpha value is -2.64. The van der Waals surface area contributed by atoms with Gasteiger partial charge in [-0.1, -0.05) is 19.3 Å². The van der Waals surface area contributed by atoms with E-state index in [1.807, 2.05) is 13.2 Å². The summed E-state index contributed by atoms with van der Waals surface area (Å²) in [5, 5.41) is 19.0. The third kappa shape index (κ3) is 3.79. The summed E-state index contributed by atoms with van der Waals surface area (Å²) in [7, 11) is 1.87. The van der Waals surface area contributed by atoms with Crippen molar-refractivity contribution in [3.63, 3.8) is 0 Å². The number of amides is 1. The number of aromatic nitrogens is 4. The van der Waals surface area contributed by atoms with Crippen LogP contribution in [0, 0.1) is 0 Å². The molecule has 2 fully saturated rings. The van der Waals surface area contributed by atoms with Crippen LogP contribution < -0.4 is 10.6 Å². The lowest BCUT2D eigenvalue weighted by Crippen LogP contribution is -2.22. The second-order valence-corrected chi connectivity index (χ2v) is 6.62. The second-order valence-electron chi connectivity index (χ2n) is 6.62. The fourth-order valence-electron chi connectivity index (χ4n) is 3.51. The highest BCUT2D eigenvalue weighted by Crippen LogP contribution is 2.31.